The summed E-state index contributed by atoms with van der Waals surface area (Å²) in [5, 5.41) is 23.8. The van der Waals surface area contributed by atoms with Crippen molar-refractivity contribution in [2.75, 3.05) is 33.8 Å². The number of benzene rings is 1. The first-order chi connectivity index (χ1) is 16.2. The molecule has 1 aromatic carbocycles. The van der Waals surface area contributed by atoms with Crippen LogP contribution in [0, 0.1) is 5.92 Å². The number of ketones is 1. The SMILES string of the molecule is COc1cc2c(OC)c(c1OC)C/C=C/[C@@H](OC)C(=O)C[C@H](O)[C@@H](C)/C=C(/C)[C@@H](O)CC(=O)N2. The Kier molecular flexibility index (Phi) is 10.1. The maximum atomic E-state index is 12.7. The second kappa shape index (κ2) is 12.5. The van der Waals surface area contributed by atoms with E-state index in [0.29, 0.717) is 34.1 Å². The Morgan fingerprint density at radius 3 is 2.26 bits per heavy atom. The lowest BCUT2D eigenvalue weighted by atomic mass is 9.94. The number of fused-ring (bicyclic) bond motifs is 2. The molecule has 1 aliphatic heterocycles. The fraction of sp³-hybridized carbons (Fsp3) is 0.520. The molecule has 2 rings (SSSR count). The molecule has 188 valence electrons. The van der Waals surface area contributed by atoms with Gasteiger partial charge in [-0.2, -0.15) is 0 Å². The first kappa shape index (κ1) is 27.4. The molecule has 2 bridgehead atoms. The summed E-state index contributed by atoms with van der Waals surface area (Å²) >= 11 is 0. The Labute approximate surface area is 200 Å². The van der Waals surface area contributed by atoms with E-state index >= 15 is 0 Å². The number of allylic oxidation sites excluding steroid dienone is 1. The molecule has 1 amide bonds. The molecule has 0 saturated heterocycles. The molecule has 0 aromatic heterocycles. The summed E-state index contributed by atoms with van der Waals surface area (Å²) in [4.78, 5) is 25.5. The van der Waals surface area contributed by atoms with E-state index in [2.05, 4.69) is 5.32 Å². The van der Waals surface area contributed by atoms with Crippen molar-refractivity contribution in [3.8, 4) is 17.2 Å². The normalized spacial score (nSPS) is 27.1. The van der Waals surface area contributed by atoms with Crippen LogP contribution >= 0.6 is 0 Å². The Morgan fingerprint density at radius 2 is 1.68 bits per heavy atom. The van der Waals surface area contributed by atoms with Crippen molar-refractivity contribution in [3.63, 3.8) is 0 Å². The number of ether oxygens (including phenoxy) is 4. The third-order valence-corrected chi connectivity index (χ3v) is 5.85. The van der Waals surface area contributed by atoms with Crippen molar-refractivity contribution < 1.29 is 38.7 Å². The van der Waals surface area contributed by atoms with E-state index < -0.39 is 30.1 Å². The van der Waals surface area contributed by atoms with Gasteiger partial charge in [-0.15, -0.1) is 0 Å². The Hall–Kier alpha value is -2.88. The van der Waals surface area contributed by atoms with Crippen LogP contribution in [0.4, 0.5) is 5.69 Å². The van der Waals surface area contributed by atoms with E-state index in [1.165, 1.54) is 28.4 Å². The lowest BCUT2D eigenvalue weighted by Crippen LogP contribution is -2.28. The molecular weight excluding hydrogens is 442 g/mol. The molecule has 34 heavy (non-hydrogen) atoms. The molecule has 0 unspecified atom stereocenters. The molecule has 1 heterocycles. The molecule has 9 nitrogen and oxygen atoms in total. The van der Waals surface area contributed by atoms with Crippen molar-refractivity contribution in [2.45, 2.75) is 51.4 Å². The highest BCUT2D eigenvalue weighted by Gasteiger charge is 2.25. The molecule has 0 radical (unpaired) electrons. The largest absolute Gasteiger partial charge is 0.494 e. The van der Waals surface area contributed by atoms with Gasteiger partial charge in [0.1, 0.15) is 11.9 Å². The van der Waals surface area contributed by atoms with Crippen LogP contribution in [0.15, 0.2) is 29.9 Å². The van der Waals surface area contributed by atoms with Crippen LogP contribution in [0.3, 0.4) is 0 Å². The van der Waals surface area contributed by atoms with Gasteiger partial charge < -0.3 is 34.5 Å². The van der Waals surface area contributed by atoms with Gasteiger partial charge in [-0.1, -0.05) is 25.2 Å². The smallest absolute Gasteiger partial charge is 0.227 e. The maximum Gasteiger partial charge on any atom is 0.227 e. The van der Waals surface area contributed by atoms with Crippen LogP contribution in [-0.4, -0.2) is 68.7 Å². The van der Waals surface area contributed by atoms with Crippen LogP contribution in [0.1, 0.15) is 32.3 Å². The molecule has 0 saturated carbocycles. The monoisotopic (exact) mass is 477 g/mol. The van der Waals surface area contributed by atoms with Gasteiger partial charge in [-0.3, -0.25) is 9.59 Å². The summed E-state index contributed by atoms with van der Waals surface area (Å²) in [6.45, 7) is 3.42. The number of hydrogen-bond acceptors (Lipinski definition) is 8. The van der Waals surface area contributed by atoms with Crippen LogP contribution < -0.4 is 19.5 Å². The summed E-state index contributed by atoms with van der Waals surface area (Å²) in [6.07, 6.45) is 2.07. The molecule has 9 heteroatoms. The second-order valence-electron chi connectivity index (χ2n) is 8.24. The van der Waals surface area contributed by atoms with E-state index in [9.17, 15) is 19.8 Å². The zero-order valence-electron chi connectivity index (χ0n) is 20.6. The summed E-state index contributed by atoms with van der Waals surface area (Å²) in [6, 6.07) is 1.59. The molecule has 1 aliphatic rings. The van der Waals surface area contributed by atoms with Crippen LogP contribution in [0.25, 0.3) is 0 Å². The fourth-order valence-corrected chi connectivity index (χ4v) is 3.87. The number of carbonyl (C=O) groups excluding carboxylic acids is 2. The van der Waals surface area contributed by atoms with E-state index in [0.717, 1.165) is 0 Å². The minimum absolute atomic E-state index is 0.125. The highest BCUT2D eigenvalue weighted by molar-refractivity contribution is 5.94. The van der Waals surface area contributed by atoms with E-state index in [4.69, 9.17) is 18.9 Å². The molecule has 1 aromatic rings. The van der Waals surface area contributed by atoms with Gasteiger partial charge >= 0.3 is 0 Å². The Bertz CT molecular complexity index is 939. The van der Waals surface area contributed by atoms with E-state index in [1.807, 2.05) is 0 Å². The quantitative estimate of drug-likeness (QED) is 0.565. The van der Waals surface area contributed by atoms with Crippen molar-refractivity contribution in [1.82, 2.24) is 0 Å². The zero-order valence-corrected chi connectivity index (χ0v) is 20.6. The minimum Gasteiger partial charge on any atom is -0.494 e. The molecule has 4 atom stereocenters. The number of methoxy groups -OCH3 is 4. The maximum absolute atomic E-state index is 12.7. The number of aliphatic hydroxyl groups excluding tert-OH is 2. The average Bonchev–Trinajstić information content (AvgIpc) is 2.80. The zero-order chi connectivity index (χ0) is 25.4. The summed E-state index contributed by atoms with van der Waals surface area (Å²) in [5.74, 6) is 0.0418. The van der Waals surface area contributed by atoms with Crippen molar-refractivity contribution in [3.05, 3.63) is 35.4 Å². The number of carbonyl (C=O) groups is 2. The molecule has 0 aliphatic carbocycles. The summed E-state index contributed by atoms with van der Waals surface area (Å²) in [5.41, 5.74) is 1.46. The topological polar surface area (TPSA) is 124 Å². The fourth-order valence-electron chi connectivity index (χ4n) is 3.87. The number of amides is 1. The predicted octanol–water partition coefficient (Wildman–Crippen LogP) is 2.43. The average molecular weight is 478 g/mol. The van der Waals surface area contributed by atoms with E-state index in [1.54, 1.807) is 38.1 Å². The van der Waals surface area contributed by atoms with Crippen LogP contribution in [-0.2, 0) is 20.7 Å². The molecule has 0 fully saturated rings. The van der Waals surface area contributed by atoms with Gasteiger partial charge in [0.25, 0.3) is 0 Å². The third-order valence-electron chi connectivity index (χ3n) is 5.85. The van der Waals surface area contributed by atoms with Crippen LogP contribution in [0.2, 0.25) is 0 Å². The highest BCUT2D eigenvalue weighted by atomic mass is 16.5. The number of anilines is 1. The van der Waals surface area contributed by atoms with Crippen LogP contribution in [0.5, 0.6) is 17.2 Å². The molecular formula is C25H35NO8. The van der Waals surface area contributed by atoms with Gasteiger partial charge in [0.05, 0.1) is 45.6 Å². The van der Waals surface area contributed by atoms with Crippen molar-refractivity contribution >= 4 is 17.4 Å². The lowest BCUT2D eigenvalue weighted by Gasteiger charge is -2.20. The highest BCUT2D eigenvalue weighted by Crippen LogP contribution is 2.43. The second-order valence-corrected chi connectivity index (χ2v) is 8.24. The van der Waals surface area contributed by atoms with Gasteiger partial charge in [0.2, 0.25) is 5.91 Å². The Balaban J connectivity index is 2.60. The number of nitrogens with one attached hydrogen (secondary N) is 1. The minimum atomic E-state index is -1.07. The number of aliphatic hydroxyl groups is 2. The van der Waals surface area contributed by atoms with E-state index in [-0.39, 0.29) is 25.0 Å². The molecule has 0 spiro atoms. The van der Waals surface area contributed by atoms with Crippen molar-refractivity contribution in [1.29, 1.82) is 0 Å². The van der Waals surface area contributed by atoms with Gasteiger partial charge in [0, 0.05) is 31.1 Å². The van der Waals surface area contributed by atoms with Gasteiger partial charge in [0.15, 0.2) is 17.3 Å². The first-order valence-electron chi connectivity index (χ1n) is 11.0. The summed E-state index contributed by atoms with van der Waals surface area (Å²) in [7, 11) is 5.87. The summed E-state index contributed by atoms with van der Waals surface area (Å²) < 4.78 is 21.9. The number of rotatable bonds is 4. The van der Waals surface area contributed by atoms with Gasteiger partial charge in [-0.25, -0.2) is 0 Å². The van der Waals surface area contributed by atoms with Gasteiger partial charge in [-0.05, 0) is 18.9 Å². The van der Waals surface area contributed by atoms with Crippen molar-refractivity contribution in [2.24, 2.45) is 5.92 Å². The standard InChI is InChI=1S/C25H35NO8/c1-14-10-15(2)19(28)13-23(30)26-17-11-22(32-4)25(34-6)16(24(17)33-5)8-7-9-21(31-3)20(29)12-18(14)27/h7,9-11,14,18-19,21,27-28H,8,12-13H2,1-6H3,(H,26,30)/b9-7+,15-10-/t14-,18-,19-,21+/m0/s1. The number of Topliss-reactive ketones (excluding diaryl/α,β-unsaturated/α-hetero) is 1. The first-order valence-corrected chi connectivity index (χ1v) is 11.0. The lowest BCUT2D eigenvalue weighted by molar-refractivity contribution is -0.128. The predicted molar refractivity (Wildman–Crippen MR) is 128 cm³/mol. The molecule has 3 N–H and O–H groups in total. The number of hydrogen-bond donors (Lipinski definition) is 3. The Morgan fingerprint density at radius 1 is 1.00 bits per heavy atom. The third kappa shape index (κ3) is 6.59.